The Kier molecular flexibility index (Phi) is 5.42. The summed E-state index contributed by atoms with van der Waals surface area (Å²) in [6, 6.07) is 18.0. The highest BCUT2D eigenvalue weighted by Gasteiger charge is 2.28. The van der Waals surface area contributed by atoms with Crippen LogP contribution >= 0.6 is 11.6 Å². The van der Waals surface area contributed by atoms with E-state index < -0.39 is 0 Å². The molecule has 2 atom stereocenters. The van der Waals surface area contributed by atoms with E-state index in [-0.39, 0.29) is 12.2 Å². The largest absolute Gasteiger partial charge is 0.494 e. The zero-order valence-electron chi connectivity index (χ0n) is 16.4. The molecule has 4 nitrogen and oxygen atoms in total. The monoisotopic (exact) mass is 396 g/mol. The molecule has 1 aliphatic rings. The number of rotatable bonds is 4. The lowest BCUT2D eigenvalue weighted by Crippen LogP contribution is -2.28. The van der Waals surface area contributed by atoms with Gasteiger partial charge in [0.05, 0.1) is 30.7 Å². The molecular formula is C23H25ClN2O2. The molecule has 28 heavy (non-hydrogen) atoms. The third-order valence-electron chi connectivity index (χ3n) is 5.30. The second-order valence-corrected chi connectivity index (χ2v) is 7.91. The topological polar surface area (TPSA) is 36.3 Å². The van der Waals surface area contributed by atoms with Gasteiger partial charge in [0.15, 0.2) is 0 Å². The van der Waals surface area contributed by atoms with Gasteiger partial charge in [0.25, 0.3) is 0 Å². The minimum Gasteiger partial charge on any atom is -0.494 e. The van der Waals surface area contributed by atoms with Crippen molar-refractivity contribution in [3.8, 4) is 22.7 Å². The maximum absolute atomic E-state index is 6.11. The first-order chi connectivity index (χ1) is 13.5. The van der Waals surface area contributed by atoms with Gasteiger partial charge in [-0.15, -0.1) is 0 Å². The number of halogens is 1. The molecule has 1 fully saturated rings. The van der Waals surface area contributed by atoms with Gasteiger partial charge in [0, 0.05) is 16.5 Å². The zero-order chi connectivity index (χ0) is 19.7. The molecule has 0 radical (unpaired) electrons. The fourth-order valence-corrected chi connectivity index (χ4v) is 4.19. The van der Waals surface area contributed by atoms with E-state index in [1.54, 1.807) is 7.11 Å². The van der Waals surface area contributed by atoms with Crippen molar-refractivity contribution in [3.63, 3.8) is 0 Å². The van der Waals surface area contributed by atoms with E-state index in [0.717, 1.165) is 46.3 Å². The minimum atomic E-state index is 0.240. The molecule has 0 spiro atoms. The van der Waals surface area contributed by atoms with Crippen molar-refractivity contribution >= 4 is 11.6 Å². The molecule has 2 unspecified atom stereocenters. The molecule has 4 rings (SSSR count). The summed E-state index contributed by atoms with van der Waals surface area (Å²) in [4.78, 5) is 0. The molecule has 3 aromatic rings. The Morgan fingerprint density at radius 3 is 2.39 bits per heavy atom. The molecule has 0 bridgehead atoms. The Balaban J connectivity index is 1.83. The van der Waals surface area contributed by atoms with Crippen LogP contribution in [0, 0.1) is 0 Å². The normalized spacial score (nSPS) is 22.2. The van der Waals surface area contributed by atoms with Crippen molar-refractivity contribution in [2.75, 3.05) is 7.11 Å². The molecule has 0 saturated carbocycles. The lowest BCUT2D eigenvalue weighted by molar-refractivity contribution is -0.0385. The highest BCUT2D eigenvalue weighted by molar-refractivity contribution is 6.30. The quantitative estimate of drug-likeness (QED) is 0.553. The van der Waals surface area contributed by atoms with Crippen LogP contribution in [0.1, 0.15) is 38.3 Å². The first kappa shape index (κ1) is 19.0. The van der Waals surface area contributed by atoms with Crippen LogP contribution in [-0.2, 0) is 4.74 Å². The molecule has 5 heteroatoms. The molecular weight excluding hydrogens is 372 g/mol. The van der Waals surface area contributed by atoms with Crippen molar-refractivity contribution in [1.29, 1.82) is 0 Å². The number of methoxy groups -OCH3 is 1. The molecule has 0 N–H and O–H groups in total. The van der Waals surface area contributed by atoms with Crippen LogP contribution in [0.4, 0.5) is 0 Å². The standard InChI is InChI=1S/C23H25ClN2O2/c1-15-12-18(13-16(2)28-15)20-14-22(17-8-10-19(24)11-9-17)26(25-20)21-6-4-5-7-23(21)27-3/h4-11,14-16,18H,12-13H2,1-3H3. The molecule has 0 aliphatic carbocycles. The van der Waals surface area contributed by atoms with Crippen LogP contribution in [-0.4, -0.2) is 29.1 Å². The number of aromatic nitrogens is 2. The first-order valence-corrected chi connectivity index (χ1v) is 10.1. The van der Waals surface area contributed by atoms with E-state index in [0.29, 0.717) is 5.92 Å². The number of nitrogens with zero attached hydrogens (tertiary/aromatic N) is 2. The Hall–Kier alpha value is -2.30. The summed E-state index contributed by atoms with van der Waals surface area (Å²) in [5, 5.41) is 5.75. The second kappa shape index (κ2) is 7.98. The fourth-order valence-electron chi connectivity index (χ4n) is 4.06. The van der Waals surface area contributed by atoms with Crippen LogP contribution < -0.4 is 4.74 Å². The summed E-state index contributed by atoms with van der Waals surface area (Å²) in [5.74, 6) is 1.17. The highest BCUT2D eigenvalue weighted by Crippen LogP contribution is 2.36. The number of ether oxygens (including phenoxy) is 2. The average molecular weight is 397 g/mol. The van der Waals surface area contributed by atoms with E-state index in [2.05, 4.69) is 19.9 Å². The SMILES string of the molecule is COc1ccccc1-n1nc(C2CC(C)OC(C)C2)cc1-c1ccc(Cl)cc1. The van der Waals surface area contributed by atoms with Crippen LogP contribution in [0.15, 0.2) is 54.6 Å². The molecule has 1 aliphatic heterocycles. The maximum Gasteiger partial charge on any atom is 0.144 e. The van der Waals surface area contributed by atoms with E-state index >= 15 is 0 Å². The average Bonchev–Trinajstić information content (AvgIpc) is 3.13. The summed E-state index contributed by atoms with van der Waals surface area (Å²) in [6.45, 7) is 4.28. The van der Waals surface area contributed by atoms with Gasteiger partial charge in [-0.05, 0) is 57.0 Å². The Bertz CT molecular complexity index is 941. The van der Waals surface area contributed by atoms with Crippen LogP contribution in [0.25, 0.3) is 16.9 Å². The number of benzene rings is 2. The number of hydrogen-bond acceptors (Lipinski definition) is 3. The summed E-state index contributed by atoms with van der Waals surface area (Å²) in [7, 11) is 1.69. The van der Waals surface area contributed by atoms with E-state index in [9.17, 15) is 0 Å². The Labute approximate surface area is 171 Å². The zero-order valence-corrected chi connectivity index (χ0v) is 17.2. The predicted octanol–water partition coefficient (Wildman–Crippen LogP) is 5.87. The summed E-state index contributed by atoms with van der Waals surface area (Å²) >= 11 is 6.11. The first-order valence-electron chi connectivity index (χ1n) is 9.70. The summed E-state index contributed by atoms with van der Waals surface area (Å²) in [6.07, 6.45) is 2.44. The lowest BCUT2D eigenvalue weighted by Gasteiger charge is -2.31. The molecule has 2 heterocycles. The van der Waals surface area contributed by atoms with Crippen LogP contribution in [0.2, 0.25) is 5.02 Å². The predicted molar refractivity (Wildman–Crippen MR) is 113 cm³/mol. The number of hydrogen-bond donors (Lipinski definition) is 0. The molecule has 1 aromatic heterocycles. The molecule has 1 saturated heterocycles. The van der Waals surface area contributed by atoms with Gasteiger partial charge in [0.1, 0.15) is 11.4 Å². The van der Waals surface area contributed by atoms with Crippen LogP contribution in [0.5, 0.6) is 5.75 Å². The lowest BCUT2D eigenvalue weighted by atomic mass is 9.89. The second-order valence-electron chi connectivity index (χ2n) is 7.47. The van der Waals surface area contributed by atoms with Crippen molar-refractivity contribution in [2.45, 2.75) is 44.8 Å². The van der Waals surface area contributed by atoms with Gasteiger partial charge in [-0.1, -0.05) is 35.9 Å². The maximum atomic E-state index is 6.11. The van der Waals surface area contributed by atoms with Crippen molar-refractivity contribution in [2.24, 2.45) is 0 Å². The molecule has 146 valence electrons. The number of para-hydroxylation sites is 2. The van der Waals surface area contributed by atoms with Gasteiger partial charge in [-0.25, -0.2) is 4.68 Å². The third-order valence-corrected chi connectivity index (χ3v) is 5.55. The Morgan fingerprint density at radius 1 is 1.04 bits per heavy atom. The molecule has 2 aromatic carbocycles. The van der Waals surface area contributed by atoms with Crippen molar-refractivity contribution in [1.82, 2.24) is 9.78 Å². The van der Waals surface area contributed by atoms with Crippen molar-refractivity contribution < 1.29 is 9.47 Å². The smallest absolute Gasteiger partial charge is 0.144 e. The fraction of sp³-hybridized carbons (Fsp3) is 0.348. The Morgan fingerprint density at radius 2 is 1.71 bits per heavy atom. The van der Waals surface area contributed by atoms with E-state index in [1.807, 2.05) is 53.2 Å². The van der Waals surface area contributed by atoms with Gasteiger partial charge in [0.2, 0.25) is 0 Å². The van der Waals surface area contributed by atoms with Gasteiger partial charge in [-0.2, -0.15) is 5.10 Å². The highest BCUT2D eigenvalue weighted by atomic mass is 35.5. The summed E-state index contributed by atoms with van der Waals surface area (Å²) in [5.41, 5.74) is 4.12. The van der Waals surface area contributed by atoms with Crippen molar-refractivity contribution in [3.05, 3.63) is 65.3 Å². The van der Waals surface area contributed by atoms with Crippen LogP contribution in [0.3, 0.4) is 0 Å². The van der Waals surface area contributed by atoms with Gasteiger partial charge >= 0.3 is 0 Å². The van der Waals surface area contributed by atoms with E-state index in [4.69, 9.17) is 26.2 Å². The van der Waals surface area contributed by atoms with E-state index in [1.165, 1.54) is 0 Å². The third kappa shape index (κ3) is 3.80. The minimum absolute atomic E-state index is 0.240. The molecule has 0 amide bonds. The summed E-state index contributed by atoms with van der Waals surface area (Å²) < 4.78 is 13.5. The van der Waals surface area contributed by atoms with Gasteiger partial charge in [-0.3, -0.25) is 0 Å². The van der Waals surface area contributed by atoms with Gasteiger partial charge < -0.3 is 9.47 Å².